The molecule has 0 spiro atoms. The molecule has 0 bridgehead atoms. The van der Waals surface area contributed by atoms with Gasteiger partial charge in [0.2, 0.25) is 11.7 Å². The predicted molar refractivity (Wildman–Crippen MR) is 92.7 cm³/mol. The molecule has 0 N–H and O–H groups in total. The van der Waals surface area contributed by atoms with Crippen molar-refractivity contribution in [2.45, 2.75) is 6.92 Å². The predicted octanol–water partition coefficient (Wildman–Crippen LogP) is 3.95. The van der Waals surface area contributed by atoms with Gasteiger partial charge in [-0.3, -0.25) is 24.6 Å². The first-order chi connectivity index (χ1) is 11.4. The Hall–Kier alpha value is -2.80. The number of fused-ring (bicyclic) bond motifs is 1. The topological polar surface area (TPSA) is 80.5 Å². The molecule has 1 aliphatic heterocycles. The van der Waals surface area contributed by atoms with Crippen molar-refractivity contribution in [2.24, 2.45) is 0 Å². The van der Waals surface area contributed by atoms with E-state index < -0.39 is 4.92 Å². The average molecular weight is 387 g/mol. The summed E-state index contributed by atoms with van der Waals surface area (Å²) in [6.45, 7) is 1.37. The first-order valence-corrected chi connectivity index (χ1v) is 7.79. The molecule has 24 heavy (non-hydrogen) atoms. The van der Waals surface area contributed by atoms with Gasteiger partial charge in [0.25, 0.3) is 5.69 Å². The number of halogens is 1. The Morgan fingerprint density at radius 3 is 2.67 bits per heavy atom. The van der Waals surface area contributed by atoms with E-state index in [2.05, 4.69) is 15.9 Å². The molecule has 2 aromatic rings. The second kappa shape index (κ2) is 6.01. The maximum Gasteiger partial charge on any atom is 0.270 e. The number of hydrogen-bond donors (Lipinski definition) is 0. The molecule has 1 aliphatic rings. The molecule has 1 amide bonds. The van der Waals surface area contributed by atoms with Crippen LogP contribution in [-0.2, 0) is 4.79 Å². The first kappa shape index (κ1) is 16.1. The summed E-state index contributed by atoms with van der Waals surface area (Å²) in [4.78, 5) is 36.4. The smallest absolute Gasteiger partial charge is 0.270 e. The molecule has 0 saturated heterocycles. The van der Waals surface area contributed by atoms with Crippen LogP contribution < -0.4 is 4.90 Å². The normalized spacial score (nSPS) is 14.8. The molecule has 2 aromatic carbocycles. The highest BCUT2D eigenvalue weighted by atomic mass is 79.9. The first-order valence-electron chi connectivity index (χ1n) is 6.99. The van der Waals surface area contributed by atoms with Crippen LogP contribution in [0.25, 0.3) is 6.08 Å². The Bertz CT molecular complexity index is 921. The number of allylic oxidation sites excluding steroid dienone is 1. The van der Waals surface area contributed by atoms with E-state index in [1.54, 1.807) is 24.3 Å². The number of Topliss-reactive ketones (excluding diaryl/α,β-unsaturated/α-hetero) is 1. The lowest BCUT2D eigenvalue weighted by atomic mass is 10.1. The van der Waals surface area contributed by atoms with Crippen molar-refractivity contribution in [2.75, 3.05) is 4.90 Å². The van der Waals surface area contributed by atoms with Gasteiger partial charge in [0, 0.05) is 29.1 Å². The van der Waals surface area contributed by atoms with Gasteiger partial charge in [-0.25, -0.2) is 0 Å². The number of benzene rings is 2. The number of ketones is 1. The van der Waals surface area contributed by atoms with Crippen LogP contribution >= 0.6 is 15.9 Å². The molecule has 3 rings (SSSR count). The average Bonchev–Trinajstić information content (AvgIpc) is 2.80. The van der Waals surface area contributed by atoms with E-state index in [-0.39, 0.29) is 23.1 Å². The van der Waals surface area contributed by atoms with Crippen LogP contribution in [0, 0.1) is 10.1 Å². The molecule has 120 valence electrons. The van der Waals surface area contributed by atoms with Crippen LogP contribution in [0.15, 0.2) is 52.6 Å². The second-order valence-corrected chi connectivity index (χ2v) is 6.14. The van der Waals surface area contributed by atoms with Crippen LogP contribution in [0.4, 0.5) is 11.4 Å². The van der Waals surface area contributed by atoms with Gasteiger partial charge in [-0.05, 0) is 29.8 Å². The molecule has 0 radical (unpaired) electrons. The highest BCUT2D eigenvalue weighted by Gasteiger charge is 2.34. The van der Waals surface area contributed by atoms with Gasteiger partial charge >= 0.3 is 0 Å². The lowest BCUT2D eigenvalue weighted by molar-refractivity contribution is -0.384. The van der Waals surface area contributed by atoms with E-state index >= 15 is 0 Å². The molecule has 0 aliphatic carbocycles. The fraction of sp³-hybridized carbons (Fsp3) is 0.0588. The third kappa shape index (κ3) is 2.74. The number of carbonyl (C=O) groups is 2. The van der Waals surface area contributed by atoms with Crippen molar-refractivity contribution in [3.05, 3.63) is 73.9 Å². The minimum atomic E-state index is -0.507. The standard InChI is InChI=1S/C17H11BrN2O4/c1-10(21)19-15-6-5-12(18)9-14(15)17(22)16(19)8-11-3-2-4-13(7-11)20(23)24/h2-9H,1H3/b16-8+. The van der Waals surface area contributed by atoms with E-state index in [0.717, 1.165) is 4.47 Å². The molecular weight excluding hydrogens is 376 g/mol. The molecule has 0 atom stereocenters. The zero-order chi connectivity index (χ0) is 17.4. The minimum absolute atomic E-state index is 0.0792. The van der Waals surface area contributed by atoms with Gasteiger partial charge in [-0.15, -0.1) is 0 Å². The zero-order valence-corrected chi connectivity index (χ0v) is 14.1. The third-order valence-electron chi connectivity index (χ3n) is 3.62. The molecule has 6 nitrogen and oxygen atoms in total. The molecule has 7 heteroatoms. The van der Waals surface area contributed by atoms with Crippen LogP contribution in [0.3, 0.4) is 0 Å². The number of carbonyl (C=O) groups excluding carboxylic acids is 2. The van der Waals surface area contributed by atoms with E-state index in [0.29, 0.717) is 16.8 Å². The quantitative estimate of drug-likeness (QED) is 0.444. The fourth-order valence-electron chi connectivity index (χ4n) is 2.61. The van der Waals surface area contributed by atoms with Gasteiger partial charge in [-0.2, -0.15) is 0 Å². The fourth-order valence-corrected chi connectivity index (χ4v) is 2.97. The van der Waals surface area contributed by atoms with Gasteiger partial charge < -0.3 is 0 Å². The molecule has 0 unspecified atom stereocenters. The van der Waals surface area contributed by atoms with Crippen LogP contribution in [-0.4, -0.2) is 16.6 Å². The Labute approximate surface area is 145 Å². The number of hydrogen-bond acceptors (Lipinski definition) is 4. The lowest BCUT2D eigenvalue weighted by Crippen LogP contribution is -2.25. The van der Waals surface area contributed by atoms with Gasteiger partial charge in [-0.1, -0.05) is 28.1 Å². The van der Waals surface area contributed by atoms with Crippen molar-refractivity contribution in [3.63, 3.8) is 0 Å². The molecule has 0 saturated carbocycles. The zero-order valence-electron chi connectivity index (χ0n) is 12.5. The second-order valence-electron chi connectivity index (χ2n) is 5.23. The van der Waals surface area contributed by atoms with Gasteiger partial charge in [0.05, 0.1) is 16.3 Å². The number of non-ortho nitro benzene ring substituents is 1. The summed E-state index contributed by atoms with van der Waals surface area (Å²) in [6, 6.07) is 11.0. The number of rotatable bonds is 2. The Balaban J connectivity index is 2.13. The molecule has 1 heterocycles. The van der Waals surface area contributed by atoms with E-state index in [1.165, 1.54) is 36.1 Å². The van der Waals surface area contributed by atoms with E-state index in [1.807, 2.05) is 0 Å². The lowest BCUT2D eigenvalue weighted by Gasteiger charge is -2.16. The monoisotopic (exact) mass is 386 g/mol. The maximum atomic E-state index is 12.7. The van der Waals surface area contributed by atoms with Crippen molar-refractivity contribution >= 4 is 45.1 Å². The van der Waals surface area contributed by atoms with Crippen LogP contribution in [0.2, 0.25) is 0 Å². The number of nitro benzene ring substituents is 1. The van der Waals surface area contributed by atoms with E-state index in [4.69, 9.17) is 0 Å². The largest absolute Gasteiger partial charge is 0.287 e. The maximum absolute atomic E-state index is 12.7. The van der Waals surface area contributed by atoms with Gasteiger partial charge in [0.15, 0.2) is 0 Å². The summed E-state index contributed by atoms with van der Waals surface area (Å²) in [5.74, 6) is -0.603. The number of anilines is 1. The Morgan fingerprint density at radius 2 is 2.00 bits per heavy atom. The third-order valence-corrected chi connectivity index (χ3v) is 4.11. The van der Waals surface area contributed by atoms with Crippen LogP contribution in [0.5, 0.6) is 0 Å². The Morgan fingerprint density at radius 1 is 1.25 bits per heavy atom. The number of amides is 1. The molecular formula is C17H11BrN2O4. The van der Waals surface area contributed by atoms with Crippen molar-refractivity contribution in [1.29, 1.82) is 0 Å². The highest BCUT2D eigenvalue weighted by molar-refractivity contribution is 9.10. The number of nitro groups is 1. The van der Waals surface area contributed by atoms with Gasteiger partial charge in [0.1, 0.15) is 0 Å². The summed E-state index contributed by atoms with van der Waals surface area (Å²) < 4.78 is 0.731. The molecule has 0 aromatic heterocycles. The molecule has 0 fully saturated rings. The van der Waals surface area contributed by atoms with Crippen molar-refractivity contribution in [3.8, 4) is 0 Å². The Kier molecular flexibility index (Phi) is 4.02. The summed E-state index contributed by atoms with van der Waals surface area (Å²) in [7, 11) is 0. The van der Waals surface area contributed by atoms with E-state index in [9.17, 15) is 19.7 Å². The SMILES string of the molecule is CC(=O)N1/C(=C/c2cccc([N+](=O)[O-])c2)C(=O)c2cc(Br)ccc21. The highest BCUT2D eigenvalue weighted by Crippen LogP contribution is 2.37. The summed E-state index contributed by atoms with van der Waals surface area (Å²) >= 11 is 3.31. The summed E-state index contributed by atoms with van der Waals surface area (Å²) in [6.07, 6.45) is 1.49. The minimum Gasteiger partial charge on any atom is -0.287 e. The summed E-state index contributed by atoms with van der Waals surface area (Å²) in [5, 5.41) is 10.9. The number of nitrogens with zero attached hydrogens (tertiary/aromatic N) is 2. The summed E-state index contributed by atoms with van der Waals surface area (Å²) in [5.41, 5.74) is 1.50. The van der Waals surface area contributed by atoms with Crippen molar-refractivity contribution in [1.82, 2.24) is 0 Å². The van der Waals surface area contributed by atoms with Crippen LogP contribution in [0.1, 0.15) is 22.8 Å². The van der Waals surface area contributed by atoms with Crippen molar-refractivity contribution < 1.29 is 14.5 Å².